The smallest absolute Gasteiger partial charge is 0.134 e. The number of rotatable bonds is 2. The van der Waals surface area contributed by atoms with Crippen LogP contribution >= 0.6 is 35.0 Å². The number of aromatic nitrogens is 1. The second-order valence-corrected chi connectivity index (χ2v) is 6.53. The SMILES string of the molecule is CC(C)(C)SCc1ccc(Cl)nc1Cl. The summed E-state index contributed by atoms with van der Waals surface area (Å²) >= 11 is 13.5. The Morgan fingerprint density at radius 2 is 1.93 bits per heavy atom. The van der Waals surface area contributed by atoms with Crippen LogP contribution in [0.5, 0.6) is 0 Å². The third-order valence-electron chi connectivity index (χ3n) is 1.55. The second kappa shape index (κ2) is 4.73. The first-order valence-electron chi connectivity index (χ1n) is 4.33. The van der Waals surface area contributed by atoms with E-state index in [4.69, 9.17) is 23.2 Å². The molecule has 0 aromatic carbocycles. The van der Waals surface area contributed by atoms with Crippen molar-refractivity contribution in [2.45, 2.75) is 31.3 Å². The van der Waals surface area contributed by atoms with E-state index in [1.54, 1.807) is 6.07 Å². The molecular weight excluding hydrogens is 237 g/mol. The molecule has 1 aromatic heterocycles. The molecule has 0 radical (unpaired) electrons. The highest BCUT2D eigenvalue weighted by Crippen LogP contribution is 2.29. The number of thioether (sulfide) groups is 1. The van der Waals surface area contributed by atoms with Crippen molar-refractivity contribution in [1.29, 1.82) is 0 Å². The van der Waals surface area contributed by atoms with Crippen LogP contribution in [0.2, 0.25) is 10.3 Å². The Morgan fingerprint density at radius 3 is 2.43 bits per heavy atom. The normalized spacial score (nSPS) is 11.8. The average Bonchev–Trinajstić information content (AvgIpc) is 2.00. The lowest BCUT2D eigenvalue weighted by molar-refractivity contribution is 0.802. The van der Waals surface area contributed by atoms with Gasteiger partial charge in [0.15, 0.2) is 0 Å². The molecule has 1 heterocycles. The largest absolute Gasteiger partial charge is 0.224 e. The van der Waals surface area contributed by atoms with Crippen LogP contribution in [0, 0.1) is 0 Å². The highest BCUT2D eigenvalue weighted by Gasteiger charge is 2.12. The van der Waals surface area contributed by atoms with Crippen LogP contribution in [0.3, 0.4) is 0 Å². The average molecular weight is 250 g/mol. The molecular formula is C10H13Cl2NS. The first kappa shape index (κ1) is 12.2. The fourth-order valence-corrected chi connectivity index (χ4v) is 2.16. The number of nitrogens with zero attached hydrogens (tertiary/aromatic N) is 1. The maximum atomic E-state index is 5.95. The van der Waals surface area contributed by atoms with Gasteiger partial charge in [-0.15, -0.1) is 0 Å². The minimum Gasteiger partial charge on any atom is -0.224 e. The van der Waals surface area contributed by atoms with Crippen LogP contribution in [0.4, 0.5) is 0 Å². The van der Waals surface area contributed by atoms with Crippen LogP contribution in [0.25, 0.3) is 0 Å². The Labute approximate surface area is 99.2 Å². The van der Waals surface area contributed by atoms with Gasteiger partial charge in [0.25, 0.3) is 0 Å². The monoisotopic (exact) mass is 249 g/mol. The van der Waals surface area contributed by atoms with Crippen LogP contribution in [-0.2, 0) is 5.75 Å². The lowest BCUT2D eigenvalue weighted by Crippen LogP contribution is -2.07. The predicted octanol–water partition coefficient (Wildman–Crippen LogP) is 4.42. The molecule has 0 fully saturated rings. The maximum Gasteiger partial charge on any atom is 0.134 e. The van der Waals surface area contributed by atoms with Gasteiger partial charge >= 0.3 is 0 Å². The van der Waals surface area contributed by atoms with E-state index < -0.39 is 0 Å². The summed E-state index contributed by atoms with van der Waals surface area (Å²) in [5, 5.41) is 0.953. The zero-order valence-electron chi connectivity index (χ0n) is 8.47. The number of halogens is 2. The van der Waals surface area contributed by atoms with Gasteiger partial charge in [0.2, 0.25) is 0 Å². The Morgan fingerprint density at radius 1 is 1.29 bits per heavy atom. The summed E-state index contributed by atoms with van der Waals surface area (Å²) in [7, 11) is 0. The minimum atomic E-state index is 0.239. The van der Waals surface area contributed by atoms with Gasteiger partial charge in [-0.1, -0.05) is 50.0 Å². The summed E-state index contributed by atoms with van der Waals surface area (Å²) in [6, 6.07) is 3.70. The van der Waals surface area contributed by atoms with Crippen LogP contribution in [0.15, 0.2) is 12.1 Å². The van der Waals surface area contributed by atoms with E-state index in [0.29, 0.717) is 10.3 Å². The molecule has 0 atom stereocenters. The van der Waals surface area contributed by atoms with Crippen molar-refractivity contribution in [2.75, 3.05) is 0 Å². The molecule has 0 N–H and O–H groups in total. The number of pyridine rings is 1. The zero-order valence-corrected chi connectivity index (χ0v) is 10.8. The first-order valence-corrected chi connectivity index (χ1v) is 6.07. The fraction of sp³-hybridized carbons (Fsp3) is 0.500. The molecule has 0 bridgehead atoms. The summed E-state index contributed by atoms with van der Waals surface area (Å²) in [5.74, 6) is 0.868. The Bertz CT molecular complexity index is 320. The lowest BCUT2D eigenvalue weighted by Gasteiger charge is -2.17. The Balaban J connectivity index is 2.68. The number of hydrogen-bond acceptors (Lipinski definition) is 2. The summed E-state index contributed by atoms with van der Waals surface area (Å²) < 4.78 is 0.239. The molecule has 0 unspecified atom stereocenters. The van der Waals surface area contributed by atoms with E-state index in [0.717, 1.165) is 11.3 Å². The van der Waals surface area contributed by atoms with Gasteiger partial charge in [0.1, 0.15) is 10.3 Å². The van der Waals surface area contributed by atoms with Crippen molar-refractivity contribution in [3.05, 3.63) is 28.0 Å². The third kappa shape index (κ3) is 4.07. The van der Waals surface area contributed by atoms with Crippen molar-refractivity contribution < 1.29 is 0 Å². The first-order chi connectivity index (χ1) is 6.38. The third-order valence-corrected chi connectivity index (χ3v) is 3.41. The van der Waals surface area contributed by atoms with Gasteiger partial charge in [0.05, 0.1) is 0 Å². The Kier molecular flexibility index (Phi) is 4.11. The van der Waals surface area contributed by atoms with E-state index in [1.807, 2.05) is 17.8 Å². The molecule has 14 heavy (non-hydrogen) atoms. The van der Waals surface area contributed by atoms with Crippen molar-refractivity contribution in [1.82, 2.24) is 4.98 Å². The highest BCUT2D eigenvalue weighted by molar-refractivity contribution is 7.99. The van der Waals surface area contributed by atoms with Gasteiger partial charge in [-0.05, 0) is 11.6 Å². The molecule has 0 spiro atoms. The van der Waals surface area contributed by atoms with Gasteiger partial charge in [-0.3, -0.25) is 0 Å². The van der Waals surface area contributed by atoms with E-state index in [2.05, 4.69) is 25.8 Å². The van der Waals surface area contributed by atoms with E-state index >= 15 is 0 Å². The van der Waals surface area contributed by atoms with E-state index in [-0.39, 0.29) is 4.75 Å². The standard InChI is InChI=1S/C10H13Cl2NS/c1-10(2,3)14-6-7-4-5-8(11)13-9(7)12/h4-5H,6H2,1-3H3. The van der Waals surface area contributed by atoms with E-state index in [9.17, 15) is 0 Å². The zero-order chi connectivity index (χ0) is 10.8. The Hall–Kier alpha value is 0.0800. The van der Waals surface area contributed by atoms with E-state index in [1.165, 1.54) is 0 Å². The maximum absolute atomic E-state index is 5.95. The molecule has 0 saturated carbocycles. The predicted molar refractivity (Wildman–Crippen MR) is 65.3 cm³/mol. The van der Waals surface area contributed by atoms with Crippen molar-refractivity contribution in [2.24, 2.45) is 0 Å². The molecule has 78 valence electrons. The van der Waals surface area contributed by atoms with Gasteiger partial charge in [-0.2, -0.15) is 11.8 Å². The van der Waals surface area contributed by atoms with Gasteiger partial charge in [-0.25, -0.2) is 4.98 Å². The molecule has 0 aliphatic carbocycles. The summed E-state index contributed by atoms with van der Waals surface area (Å²) in [6.45, 7) is 6.53. The lowest BCUT2D eigenvalue weighted by atomic mass is 10.3. The molecule has 1 aromatic rings. The van der Waals surface area contributed by atoms with Crippen LogP contribution in [-0.4, -0.2) is 9.73 Å². The quantitative estimate of drug-likeness (QED) is 0.720. The molecule has 1 rings (SSSR count). The summed E-state index contributed by atoms with van der Waals surface area (Å²) in [6.07, 6.45) is 0. The number of hydrogen-bond donors (Lipinski definition) is 0. The van der Waals surface area contributed by atoms with Gasteiger partial charge in [0, 0.05) is 10.5 Å². The molecule has 4 heteroatoms. The van der Waals surface area contributed by atoms with Crippen molar-refractivity contribution in [3.8, 4) is 0 Å². The molecule has 0 amide bonds. The van der Waals surface area contributed by atoms with Crippen LogP contribution < -0.4 is 0 Å². The van der Waals surface area contributed by atoms with Crippen molar-refractivity contribution >= 4 is 35.0 Å². The second-order valence-electron chi connectivity index (χ2n) is 3.98. The molecule has 1 nitrogen and oxygen atoms in total. The molecule has 0 aliphatic heterocycles. The summed E-state index contributed by atoms with van der Waals surface area (Å²) in [5.41, 5.74) is 1.04. The van der Waals surface area contributed by atoms with Crippen LogP contribution in [0.1, 0.15) is 26.3 Å². The molecule has 0 aliphatic rings. The molecule has 0 saturated heterocycles. The summed E-state index contributed by atoms with van der Waals surface area (Å²) in [4.78, 5) is 3.99. The van der Waals surface area contributed by atoms with Gasteiger partial charge < -0.3 is 0 Å². The minimum absolute atomic E-state index is 0.239. The van der Waals surface area contributed by atoms with Crippen molar-refractivity contribution in [3.63, 3.8) is 0 Å². The highest BCUT2D eigenvalue weighted by atomic mass is 35.5. The fourth-order valence-electron chi connectivity index (χ4n) is 0.843. The topological polar surface area (TPSA) is 12.9 Å².